The van der Waals surface area contributed by atoms with Gasteiger partial charge >= 0.3 is 5.97 Å². The number of likely N-dealkylation sites (N-methyl/N-ethyl adjacent to an activating group) is 1. The van der Waals surface area contributed by atoms with Gasteiger partial charge in [-0.2, -0.15) is 0 Å². The number of carbonyl (C=O) groups is 5. The average Bonchev–Trinajstić information content (AvgIpc) is 3.60. The predicted molar refractivity (Wildman–Crippen MR) is 196 cm³/mol. The van der Waals surface area contributed by atoms with Gasteiger partial charge in [-0.05, 0) is 61.6 Å². The first-order valence-corrected chi connectivity index (χ1v) is 18.8. The molecule has 7 unspecified atom stereocenters. The van der Waals surface area contributed by atoms with E-state index in [-0.39, 0.29) is 37.0 Å². The zero-order valence-electron chi connectivity index (χ0n) is 30.9. The highest BCUT2D eigenvalue weighted by Crippen LogP contribution is 2.24. The molecular formula is C37H60ClN5O8. The second kappa shape index (κ2) is 21.8. The summed E-state index contributed by atoms with van der Waals surface area (Å²) in [6.07, 6.45) is 5.14. The first-order valence-electron chi connectivity index (χ1n) is 18.3. The molecule has 1 fully saturated rings. The van der Waals surface area contributed by atoms with Gasteiger partial charge in [0.15, 0.2) is 0 Å². The smallest absolute Gasteiger partial charge is 0.326 e. The molecule has 1 aliphatic rings. The number of amides is 4. The van der Waals surface area contributed by atoms with Crippen LogP contribution in [0.25, 0.3) is 0 Å². The molecule has 0 radical (unpaired) electrons. The second-order valence-electron chi connectivity index (χ2n) is 14.3. The third-order valence-corrected chi connectivity index (χ3v) is 10.0. The highest BCUT2D eigenvalue weighted by Gasteiger charge is 2.42. The van der Waals surface area contributed by atoms with E-state index in [1.54, 1.807) is 19.1 Å². The summed E-state index contributed by atoms with van der Waals surface area (Å²) in [7, 11) is 1.50. The largest absolute Gasteiger partial charge is 0.508 e. The number of carboxylic acid groups (broad SMARTS) is 1. The molecule has 14 heteroatoms. The summed E-state index contributed by atoms with van der Waals surface area (Å²) < 4.78 is 0. The number of alkyl halides is 1. The molecule has 51 heavy (non-hydrogen) atoms. The Morgan fingerprint density at radius 2 is 1.65 bits per heavy atom. The number of hydrogen-bond donors (Lipinski definition) is 6. The van der Waals surface area contributed by atoms with Gasteiger partial charge in [0.1, 0.15) is 36.0 Å². The average molecular weight is 738 g/mol. The number of aliphatic carboxylic acids is 1. The van der Waals surface area contributed by atoms with Crippen molar-refractivity contribution in [1.82, 2.24) is 20.4 Å². The van der Waals surface area contributed by atoms with Crippen LogP contribution in [0.4, 0.5) is 0 Å². The minimum atomic E-state index is -1.52. The molecular weight excluding hydrogens is 678 g/mol. The second-order valence-corrected chi connectivity index (χ2v) is 14.7. The lowest BCUT2D eigenvalue weighted by atomic mass is 9.94. The van der Waals surface area contributed by atoms with Crippen LogP contribution in [0, 0.1) is 11.8 Å². The number of benzene rings is 1. The fourth-order valence-electron chi connectivity index (χ4n) is 6.35. The van der Waals surface area contributed by atoms with Gasteiger partial charge < -0.3 is 41.5 Å². The van der Waals surface area contributed by atoms with E-state index in [1.807, 2.05) is 20.8 Å². The van der Waals surface area contributed by atoms with E-state index >= 15 is 0 Å². The Morgan fingerprint density at radius 1 is 1.02 bits per heavy atom. The van der Waals surface area contributed by atoms with Crippen LogP contribution in [0.5, 0.6) is 5.75 Å². The molecule has 0 spiro atoms. The zero-order valence-corrected chi connectivity index (χ0v) is 31.6. The molecule has 13 nitrogen and oxygen atoms in total. The standard InChI is InChI=1S/C37H60ClN5O8/c1-6-24(4)31(41-34(47)32(45)27(39)13-10-8-7-9-11-19-38)36(49)42(5)30(21-23(2)3)35(48)43-20-12-14-29(43)33(46)40-28(37(50)51)22-25-15-17-26(44)18-16-25/h15-18,23-24,27-32,44-45H,6-14,19-22,39H2,1-5H3,(H,40,46)(H,41,47)(H,50,51). The van der Waals surface area contributed by atoms with Gasteiger partial charge in [-0.1, -0.05) is 71.9 Å². The molecule has 2 rings (SSSR count). The minimum Gasteiger partial charge on any atom is -0.508 e. The maximum absolute atomic E-state index is 14.2. The van der Waals surface area contributed by atoms with Crippen LogP contribution in [-0.4, -0.2) is 111 Å². The van der Waals surface area contributed by atoms with Crippen molar-refractivity contribution in [3.05, 3.63) is 29.8 Å². The van der Waals surface area contributed by atoms with Crippen molar-refractivity contribution in [2.75, 3.05) is 19.5 Å². The summed E-state index contributed by atoms with van der Waals surface area (Å²) in [6.45, 7) is 7.76. The number of phenolic OH excluding ortho intramolecular Hbond substituents is 1. The lowest BCUT2D eigenvalue weighted by Gasteiger charge is -2.37. The van der Waals surface area contributed by atoms with E-state index in [0.29, 0.717) is 37.1 Å². The number of aromatic hydroxyl groups is 1. The van der Waals surface area contributed by atoms with Crippen molar-refractivity contribution in [2.24, 2.45) is 17.6 Å². The van der Waals surface area contributed by atoms with Crippen molar-refractivity contribution in [3.8, 4) is 5.75 Å². The maximum atomic E-state index is 14.2. The summed E-state index contributed by atoms with van der Waals surface area (Å²) in [6, 6.07) is 1.00. The first-order chi connectivity index (χ1) is 24.1. The number of nitrogens with one attached hydrogen (secondary N) is 2. The number of hydrogen-bond acceptors (Lipinski definition) is 8. The van der Waals surface area contributed by atoms with Gasteiger partial charge in [0.25, 0.3) is 5.91 Å². The lowest BCUT2D eigenvalue weighted by molar-refractivity contribution is -0.150. The van der Waals surface area contributed by atoms with Crippen molar-refractivity contribution in [1.29, 1.82) is 0 Å². The number of nitrogens with zero attached hydrogens (tertiary/aromatic N) is 2. The quantitative estimate of drug-likeness (QED) is 0.0764. The summed E-state index contributed by atoms with van der Waals surface area (Å²) >= 11 is 5.73. The van der Waals surface area contributed by atoms with Crippen LogP contribution >= 0.6 is 11.6 Å². The van der Waals surface area contributed by atoms with Crippen molar-refractivity contribution >= 4 is 41.2 Å². The van der Waals surface area contributed by atoms with Crippen LogP contribution in [-0.2, 0) is 30.4 Å². The zero-order chi connectivity index (χ0) is 38.2. The van der Waals surface area contributed by atoms with E-state index in [1.165, 1.54) is 29.0 Å². The predicted octanol–water partition coefficient (Wildman–Crippen LogP) is 3.17. The van der Waals surface area contributed by atoms with Crippen LogP contribution < -0.4 is 16.4 Å². The van der Waals surface area contributed by atoms with E-state index in [9.17, 15) is 39.3 Å². The molecule has 1 aromatic carbocycles. The summed E-state index contributed by atoms with van der Waals surface area (Å²) in [5, 5.41) is 35.5. The van der Waals surface area contributed by atoms with Crippen molar-refractivity contribution in [3.63, 3.8) is 0 Å². The summed E-state index contributed by atoms with van der Waals surface area (Å²) in [5.74, 6) is -3.24. The topological polar surface area (TPSA) is 203 Å². The van der Waals surface area contributed by atoms with Gasteiger partial charge in [-0.15, -0.1) is 11.6 Å². The number of likely N-dealkylation sites (tertiary alicyclic amines) is 1. The Hall–Kier alpha value is -3.42. The Bertz CT molecular complexity index is 1280. The summed E-state index contributed by atoms with van der Waals surface area (Å²) in [5.41, 5.74) is 6.77. The fraction of sp³-hybridized carbons (Fsp3) is 0.703. The number of rotatable bonds is 22. The van der Waals surface area contributed by atoms with E-state index in [4.69, 9.17) is 17.3 Å². The third-order valence-electron chi connectivity index (χ3n) is 9.75. The molecule has 0 aliphatic carbocycles. The highest BCUT2D eigenvalue weighted by atomic mass is 35.5. The number of carbonyl (C=O) groups excluding carboxylic acids is 4. The fourth-order valence-corrected chi connectivity index (χ4v) is 6.54. The Morgan fingerprint density at radius 3 is 2.24 bits per heavy atom. The minimum absolute atomic E-state index is 0.0165. The third kappa shape index (κ3) is 13.6. The monoisotopic (exact) mass is 737 g/mol. The lowest BCUT2D eigenvalue weighted by Crippen LogP contribution is -2.60. The Kier molecular flexibility index (Phi) is 18.7. The van der Waals surface area contributed by atoms with Gasteiger partial charge in [-0.3, -0.25) is 19.2 Å². The number of carboxylic acids is 1. The molecule has 4 amide bonds. The van der Waals surface area contributed by atoms with E-state index in [0.717, 1.165) is 32.1 Å². The van der Waals surface area contributed by atoms with Crippen LogP contribution in [0.2, 0.25) is 0 Å². The van der Waals surface area contributed by atoms with E-state index in [2.05, 4.69) is 10.6 Å². The summed E-state index contributed by atoms with van der Waals surface area (Å²) in [4.78, 5) is 69.8. The molecule has 7 N–H and O–H groups in total. The maximum Gasteiger partial charge on any atom is 0.326 e. The van der Waals surface area contributed by atoms with Crippen LogP contribution in [0.1, 0.15) is 97.5 Å². The first kappa shape index (κ1) is 43.7. The van der Waals surface area contributed by atoms with Crippen molar-refractivity contribution in [2.45, 2.75) is 135 Å². The van der Waals surface area contributed by atoms with Gasteiger partial charge in [0.05, 0.1) is 0 Å². The van der Waals surface area contributed by atoms with Gasteiger partial charge in [-0.25, -0.2) is 4.79 Å². The number of nitrogens with two attached hydrogens (primary N) is 1. The molecule has 0 bridgehead atoms. The highest BCUT2D eigenvalue weighted by molar-refractivity contribution is 6.17. The molecule has 7 atom stereocenters. The van der Waals surface area contributed by atoms with E-state index < -0.39 is 65.9 Å². The Balaban J connectivity index is 2.19. The van der Waals surface area contributed by atoms with Gasteiger partial charge in [0.2, 0.25) is 17.7 Å². The molecule has 1 heterocycles. The van der Waals surface area contributed by atoms with Crippen LogP contribution in [0.3, 0.4) is 0 Å². The van der Waals surface area contributed by atoms with Gasteiger partial charge in [0, 0.05) is 31.9 Å². The van der Waals surface area contributed by atoms with Crippen molar-refractivity contribution < 1.29 is 39.3 Å². The molecule has 1 aromatic rings. The normalized spacial score (nSPS) is 18.0. The number of aliphatic hydroxyl groups is 1. The molecule has 1 aliphatic heterocycles. The molecule has 0 saturated carbocycles. The SMILES string of the molecule is CCC(C)C(NC(=O)C(O)C(N)CCCCCCCCl)C(=O)N(C)C(CC(C)C)C(=O)N1CCCC1C(=O)NC(Cc1ccc(O)cc1)C(=O)O. The Labute approximate surface area is 307 Å². The molecule has 0 aromatic heterocycles. The number of aliphatic hydroxyl groups excluding tert-OH is 1. The van der Waals surface area contributed by atoms with Crippen LogP contribution in [0.15, 0.2) is 24.3 Å². The number of halogens is 1. The number of unbranched alkanes of at least 4 members (excludes halogenated alkanes) is 4. The molecule has 1 saturated heterocycles. The molecule has 288 valence electrons. The number of phenols is 1.